The molecule has 1 amide bonds. The van der Waals surface area contributed by atoms with E-state index < -0.39 is 4.92 Å². The van der Waals surface area contributed by atoms with Crippen LogP contribution in [0.5, 0.6) is 0 Å². The molecule has 0 radical (unpaired) electrons. The molecule has 7 heteroatoms. The van der Waals surface area contributed by atoms with Gasteiger partial charge in [-0.05, 0) is 30.7 Å². The van der Waals surface area contributed by atoms with Gasteiger partial charge >= 0.3 is 0 Å². The zero-order valence-corrected chi connectivity index (χ0v) is 14.5. The van der Waals surface area contributed by atoms with Gasteiger partial charge in [0, 0.05) is 28.3 Å². The summed E-state index contributed by atoms with van der Waals surface area (Å²) in [7, 11) is 0. The van der Waals surface area contributed by atoms with Crippen molar-refractivity contribution in [1.82, 2.24) is 0 Å². The van der Waals surface area contributed by atoms with Crippen molar-refractivity contribution >= 4 is 40.6 Å². The van der Waals surface area contributed by atoms with Crippen LogP contribution in [0, 0.1) is 10.1 Å². The maximum atomic E-state index is 13.0. The molecule has 1 atom stereocenters. The average molecular weight is 363 g/mol. The van der Waals surface area contributed by atoms with Gasteiger partial charge in [-0.1, -0.05) is 30.7 Å². The zero-order valence-electron chi connectivity index (χ0n) is 12.9. The van der Waals surface area contributed by atoms with Gasteiger partial charge in [0.15, 0.2) is 0 Å². The molecule has 1 unspecified atom stereocenters. The van der Waals surface area contributed by atoms with E-state index in [4.69, 9.17) is 11.6 Å². The maximum absolute atomic E-state index is 13.0. The van der Waals surface area contributed by atoms with Crippen LogP contribution in [-0.4, -0.2) is 22.6 Å². The van der Waals surface area contributed by atoms with Crippen LogP contribution in [0.25, 0.3) is 0 Å². The van der Waals surface area contributed by atoms with Crippen molar-refractivity contribution in [2.45, 2.75) is 23.5 Å². The van der Waals surface area contributed by atoms with Crippen molar-refractivity contribution in [3.05, 3.63) is 63.2 Å². The fourth-order valence-electron chi connectivity index (χ4n) is 2.64. The second kappa shape index (κ2) is 6.83. The number of rotatable bonds is 2. The third-order valence-electron chi connectivity index (χ3n) is 3.88. The lowest BCUT2D eigenvalue weighted by molar-refractivity contribution is -0.384. The molecular formula is C17H15ClN2O3S. The van der Waals surface area contributed by atoms with Crippen molar-refractivity contribution in [2.24, 2.45) is 0 Å². The summed E-state index contributed by atoms with van der Waals surface area (Å²) in [6.07, 6.45) is 0.848. The fraction of sp³-hybridized carbons (Fsp3) is 0.235. The molecule has 1 aliphatic rings. The minimum Gasteiger partial charge on any atom is -0.307 e. The number of nitro benzene ring substituents is 1. The van der Waals surface area contributed by atoms with Crippen LogP contribution in [0.4, 0.5) is 11.4 Å². The topological polar surface area (TPSA) is 63.5 Å². The molecule has 0 bridgehead atoms. The molecule has 2 aromatic rings. The van der Waals surface area contributed by atoms with Gasteiger partial charge < -0.3 is 4.90 Å². The summed E-state index contributed by atoms with van der Waals surface area (Å²) >= 11 is 7.57. The van der Waals surface area contributed by atoms with Crippen LogP contribution < -0.4 is 4.90 Å². The minimum atomic E-state index is -0.576. The van der Waals surface area contributed by atoms with Crippen molar-refractivity contribution in [1.29, 1.82) is 0 Å². The predicted octanol–water partition coefficient (Wildman–Crippen LogP) is 4.78. The summed E-state index contributed by atoms with van der Waals surface area (Å²) in [4.78, 5) is 26.2. The Morgan fingerprint density at radius 2 is 2.08 bits per heavy atom. The first-order valence-corrected chi connectivity index (χ1v) is 8.74. The Hall–Kier alpha value is -2.05. The van der Waals surface area contributed by atoms with Crippen molar-refractivity contribution in [3.63, 3.8) is 0 Å². The van der Waals surface area contributed by atoms with E-state index in [9.17, 15) is 14.9 Å². The molecule has 3 rings (SSSR count). The van der Waals surface area contributed by atoms with E-state index in [0.29, 0.717) is 11.8 Å². The van der Waals surface area contributed by atoms with Gasteiger partial charge in [-0.15, -0.1) is 11.8 Å². The molecule has 24 heavy (non-hydrogen) atoms. The number of carbonyl (C=O) groups excluding carboxylic acids is 1. The third kappa shape index (κ3) is 3.25. The molecule has 1 aliphatic heterocycles. The highest BCUT2D eigenvalue weighted by Gasteiger charge is 2.26. The number of carbonyl (C=O) groups is 1. The van der Waals surface area contributed by atoms with Gasteiger partial charge in [0.2, 0.25) is 0 Å². The molecule has 1 heterocycles. The number of nitrogens with zero attached hydrogens (tertiary/aromatic N) is 2. The molecule has 124 valence electrons. The summed E-state index contributed by atoms with van der Waals surface area (Å²) in [6, 6.07) is 11.9. The summed E-state index contributed by atoms with van der Waals surface area (Å²) in [5.41, 5.74) is 0.850. The van der Waals surface area contributed by atoms with E-state index in [1.54, 1.807) is 16.7 Å². The molecule has 2 aromatic carbocycles. The van der Waals surface area contributed by atoms with Gasteiger partial charge in [0.1, 0.15) is 5.02 Å². The molecule has 0 fully saturated rings. The number of para-hydroxylation sites is 1. The Balaban J connectivity index is 2.01. The van der Waals surface area contributed by atoms with E-state index in [1.165, 1.54) is 18.2 Å². The van der Waals surface area contributed by atoms with E-state index >= 15 is 0 Å². The number of hydrogen-bond acceptors (Lipinski definition) is 4. The van der Waals surface area contributed by atoms with E-state index in [2.05, 4.69) is 6.92 Å². The van der Waals surface area contributed by atoms with Crippen LogP contribution in [0.3, 0.4) is 0 Å². The Morgan fingerprint density at radius 1 is 1.33 bits per heavy atom. The smallest absolute Gasteiger partial charge is 0.288 e. The molecule has 5 nitrogen and oxygen atoms in total. The maximum Gasteiger partial charge on any atom is 0.288 e. The van der Waals surface area contributed by atoms with Gasteiger partial charge in [0.25, 0.3) is 11.6 Å². The SMILES string of the molecule is CC1CCN(C(=O)c2ccc(Cl)c([N+](=O)[O-])c2)c2ccccc2S1. The summed E-state index contributed by atoms with van der Waals surface area (Å²) in [5.74, 6) is -0.253. The number of anilines is 1. The number of amides is 1. The van der Waals surface area contributed by atoms with Crippen molar-refractivity contribution in [2.75, 3.05) is 11.4 Å². The third-order valence-corrected chi connectivity index (χ3v) is 5.44. The number of thioether (sulfide) groups is 1. The number of benzene rings is 2. The summed E-state index contributed by atoms with van der Waals surface area (Å²) in [5, 5.41) is 11.5. The first-order chi connectivity index (χ1) is 11.5. The van der Waals surface area contributed by atoms with Gasteiger partial charge in [-0.2, -0.15) is 0 Å². The van der Waals surface area contributed by atoms with E-state index in [-0.39, 0.29) is 22.2 Å². The molecule has 0 saturated carbocycles. The highest BCUT2D eigenvalue weighted by atomic mass is 35.5. The second-order valence-corrected chi connectivity index (χ2v) is 7.45. The van der Waals surface area contributed by atoms with Crippen molar-refractivity contribution in [3.8, 4) is 0 Å². The number of halogens is 1. The van der Waals surface area contributed by atoms with Crippen LogP contribution >= 0.6 is 23.4 Å². The van der Waals surface area contributed by atoms with Gasteiger partial charge in [-0.25, -0.2) is 0 Å². The Morgan fingerprint density at radius 3 is 2.83 bits per heavy atom. The minimum absolute atomic E-state index is 0.0250. The quantitative estimate of drug-likeness (QED) is 0.569. The zero-order chi connectivity index (χ0) is 17.3. The first kappa shape index (κ1) is 16.8. The van der Waals surface area contributed by atoms with Crippen LogP contribution in [0.2, 0.25) is 5.02 Å². The van der Waals surface area contributed by atoms with Crippen molar-refractivity contribution < 1.29 is 9.72 Å². The molecule has 0 aliphatic carbocycles. The average Bonchev–Trinajstić information content (AvgIpc) is 2.72. The molecule has 0 saturated heterocycles. The summed E-state index contributed by atoms with van der Waals surface area (Å²) in [6.45, 7) is 2.70. The molecule has 0 N–H and O–H groups in total. The van der Waals surface area contributed by atoms with Crippen LogP contribution in [0.15, 0.2) is 47.4 Å². The van der Waals surface area contributed by atoms with E-state index in [1.807, 2.05) is 24.3 Å². The number of nitro groups is 1. The lowest BCUT2D eigenvalue weighted by atomic mass is 10.1. The van der Waals surface area contributed by atoms with E-state index in [0.717, 1.165) is 17.0 Å². The Labute approximate surface area is 148 Å². The predicted molar refractivity (Wildman–Crippen MR) is 96.2 cm³/mol. The van der Waals surface area contributed by atoms with Crippen LogP contribution in [-0.2, 0) is 0 Å². The highest BCUT2D eigenvalue weighted by Crippen LogP contribution is 2.38. The molecule has 0 aromatic heterocycles. The number of hydrogen-bond donors (Lipinski definition) is 0. The largest absolute Gasteiger partial charge is 0.307 e. The molecule has 0 spiro atoms. The van der Waals surface area contributed by atoms with Gasteiger partial charge in [0.05, 0.1) is 10.6 Å². The van der Waals surface area contributed by atoms with Crippen LogP contribution in [0.1, 0.15) is 23.7 Å². The lowest BCUT2D eigenvalue weighted by Crippen LogP contribution is -2.32. The molecular weight excluding hydrogens is 348 g/mol. The highest BCUT2D eigenvalue weighted by molar-refractivity contribution is 8.00. The second-order valence-electron chi connectivity index (χ2n) is 5.56. The lowest BCUT2D eigenvalue weighted by Gasteiger charge is -2.22. The normalized spacial score (nSPS) is 17.1. The monoisotopic (exact) mass is 362 g/mol. The fourth-order valence-corrected chi connectivity index (χ4v) is 3.94. The standard InChI is InChI=1S/C17H15ClN2O3S/c1-11-8-9-19(14-4-2-3-5-16(14)24-11)17(21)12-6-7-13(18)15(10-12)20(22)23/h2-7,10-11H,8-9H2,1H3. The first-order valence-electron chi connectivity index (χ1n) is 7.49. The summed E-state index contributed by atoms with van der Waals surface area (Å²) < 4.78 is 0. The Kier molecular flexibility index (Phi) is 4.78. The Bertz CT molecular complexity index is 812. The van der Waals surface area contributed by atoms with Gasteiger partial charge in [-0.3, -0.25) is 14.9 Å². The number of fused-ring (bicyclic) bond motifs is 1.